The molecule has 0 amide bonds. The van der Waals surface area contributed by atoms with Crippen molar-refractivity contribution >= 4 is 0 Å². The highest BCUT2D eigenvalue weighted by molar-refractivity contribution is 5.31. The van der Waals surface area contributed by atoms with Crippen molar-refractivity contribution in [2.45, 2.75) is 47.1 Å². The van der Waals surface area contributed by atoms with E-state index in [9.17, 15) is 0 Å². The molecular formula is C14H21N5. The molecule has 0 aromatic carbocycles. The molecule has 0 saturated heterocycles. The minimum absolute atomic E-state index is 0.121. The van der Waals surface area contributed by atoms with Gasteiger partial charge in [-0.3, -0.25) is 0 Å². The number of hydrogen-bond donors (Lipinski definition) is 1. The number of nitrogens with two attached hydrogens (primary N) is 1. The number of rotatable bonds is 3. The molecule has 2 N–H and O–H groups in total. The largest absolute Gasteiger partial charge is 0.328 e. The Bertz CT molecular complexity index is 578. The van der Waals surface area contributed by atoms with E-state index in [0.29, 0.717) is 5.95 Å². The smallest absolute Gasteiger partial charge is 0.251 e. The standard InChI is InChI=1S/C14H21N5/c1-8(15)6-13-11(4)18-19(12(13)5)14-16-9(2)7-10(3)17-14/h7-8H,6,15H2,1-5H3. The molecule has 0 aliphatic carbocycles. The van der Waals surface area contributed by atoms with Gasteiger partial charge in [0.15, 0.2) is 0 Å². The summed E-state index contributed by atoms with van der Waals surface area (Å²) in [7, 11) is 0. The zero-order valence-corrected chi connectivity index (χ0v) is 12.2. The van der Waals surface area contributed by atoms with Crippen molar-refractivity contribution in [1.82, 2.24) is 19.7 Å². The summed E-state index contributed by atoms with van der Waals surface area (Å²) >= 11 is 0. The molecule has 2 rings (SSSR count). The lowest BCUT2D eigenvalue weighted by Crippen LogP contribution is -2.18. The SMILES string of the molecule is Cc1cc(C)nc(-n2nc(C)c(CC(C)N)c2C)n1. The third-order valence-corrected chi connectivity index (χ3v) is 3.13. The van der Waals surface area contributed by atoms with Crippen LogP contribution in [0.5, 0.6) is 0 Å². The molecule has 0 aliphatic heterocycles. The summed E-state index contributed by atoms with van der Waals surface area (Å²) in [5.41, 5.74) is 11.0. The van der Waals surface area contributed by atoms with E-state index in [1.807, 2.05) is 45.4 Å². The molecule has 5 heteroatoms. The average Bonchev–Trinajstić information content (AvgIpc) is 2.55. The van der Waals surface area contributed by atoms with Gasteiger partial charge in [-0.2, -0.15) is 5.10 Å². The lowest BCUT2D eigenvalue weighted by atomic mass is 10.1. The van der Waals surface area contributed by atoms with Gasteiger partial charge in [-0.25, -0.2) is 14.6 Å². The lowest BCUT2D eigenvalue weighted by Gasteiger charge is -2.07. The van der Waals surface area contributed by atoms with Crippen LogP contribution < -0.4 is 5.73 Å². The fourth-order valence-corrected chi connectivity index (χ4v) is 2.29. The third kappa shape index (κ3) is 2.81. The van der Waals surface area contributed by atoms with Crippen molar-refractivity contribution in [2.75, 3.05) is 0 Å². The summed E-state index contributed by atoms with van der Waals surface area (Å²) in [5.74, 6) is 0.633. The fraction of sp³-hybridized carbons (Fsp3) is 0.500. The molecule has 0 spiro atoms. The van der Waals surface area contributed by atoms with Crippen LogP contribution in [0, 0.1) is 27.7 Å². The van der Waals surface area contributed by atoms with Crippen molar-refractivity contribution in [3.05, 3.63) is 34.4 Å². The maximum atomic E-state index is 5.89. The molecule has 1 unspecified atom stereocenters. The summed E-state index contributed by atoms with van der Waals surface area (Å²) in [6.07, 6.45) is 0.822. The van der Waals surface area contributed by atoms with Crippen molar-refractivity contribution in [2.24, 2.45) is 5.73 Å². The molecule has 2 aromatic rings. The van der Waals surface area contributed by atoms with Crippen LogP contribution in [0.15, 0.2) is 6.07 Å². The Labute approximate surface area is 113 Å². The van der Waals surface area contributed by atoms with Gasteiger partial charge in [-0.05, 0) is 52.7 Å². The first-order valence-corrected chi connectivity index (χ1v) is 6.52. The maximum Gasteiger partial charge on any atom is 0.251 e. The molecule has 0 radical (unpaired) electrons. The van der Waals surface area contributed by atoms with E-state index in [-0.39, 0.29) is 6.04 Å². The van der Waals surface area contributed by atoms with Crippen LogP contribution in [-0.2, 0) is 6.42 Å². The molecule has 0 bridgehead atoms. The quantitative estimate of drug-likeness (QED) is 0.912. The molecule has 102 valence electrons. The Morgan fingerprint density at radius 2 is 1.74 bits per heavy atom. The van der Waals surface area contributed by atoms with E-state index in [2.05, 4.69) is 15.1 Å². The van der Waals surface area contributed by atoms with Crippen molar-refractivity contribution < 1.29 is 0 Å². The topological polar surface area (TPSA) is 69.6 Å². The van der Waals surface area contributed by atoms with Crippen LogP contribution in [-0.4, -0.2) is 25.8 Å². The van der Waals surface area contributed by atoms with E-state index in [1.165, 1.54) is 5.56 Å². The Kier molecular flexibility index (Phi) is 3.66. The van der Waals surface area contributed by atoms with Gasteiger partial charge in [0, 0.05) is 23.1 Å². The van der Waals surface area contributed by atoms with Crippen LogP contribution in [0.4, 0.5) is 0 Å². The molecular weight excluding hydrogens is 238 g/mol. The van der Waals surface area contributed by atoms with Gasteiger partial charge < -0.3 is 5.73 Å². The first-order valence-electron chi connectivity index (χ1n) is 6.52. The van der Waals surface area contributed by atoms with Gasteiger partial charge in [0.1, 0.15) is 0 Å². The average molecular weight is 259 g/mol. The van der Waals surface area contributed by atoms with Crippen LogP contribution in [0.3, 0.4) is 0 Å². The Hall–Kier alpha value is -1.75. The summed E-state index contributed by atoms with van der Waals surface area (Å²) in [4.78, 5) is 8.91. The van der Waals surface area contributed by atoms with E-state index in [4.69, 9.17) is 5.73 Å². The first kappa shape index (κ1) is 13.7. The van der Waals surface area contributed by atoms with Crippen LogP contribution in [0.25, 0.3) is 5.95 Å². The van der Waals surface area contributed by atoms with Gasteiger partial charge in [0.2, 0.25) is 0 Å². The molecule has 0 fully saturated rings. The van der Waals surface area contributed by atoms with E-state index >= 15 is 0 Å². The molecule has 0 aliphatic rings. The van der Waals surface area contributed by atoms with Crippen LogP contribution in [0.1, 0.15) is 35.3 Å². The van der Waals surface area contributed by atoms with Crippen molar-refractivity contribution in [3.63, 3.8) is 0 Å². The van der Waals surface area contributed by atoms with E-state index in [1.54, 1.807) is 0 Å². The van der Waals surface area contributed by atoms with Crippen molar-refractivity contribution in [1.29, 1.82) is 0 Å². The predicted molar refractivity (Wildman–Crippen MR) is 75.5 cm³/mol. The molecule has 0 saturated carbocycles. The van der Waals surface area contributed by atoms with E-state index < -0.39 is 0 Å². The van der Waals surface area contributed by atoms with E-state index in [0.717, 1.165) is 29.2 Å². The number of aromatic nitrogens is 4. The lowest BCUT2D eigenvalue weighted by molar-refractivity contribution is 0.727. The highest BCUT2D eigenvalue weighted by atomic mass is 15.4. The zero-order chi connectivity index (χ0) is 14.2. The minimum atomic E-state index is 0.121. The zero-order valence-electron chi connectivity index (χ0n) is 12.2. The van der Waals surface area contributed by atoms with Gasteiger partial charge in [-0.15, -0.1) is 0 Å². The van der Waals surface area contributed by atoms with Gasteiger partial charge in [-0.1, -0.05) is 0 Å². The normalized spacial score (nSPS) is 12.7. The van der Waals surface area contributed by atoms with Crippen LogP contribution >= 0.6 is 0 Å². The predicted octanol–water partition coefficient (Wildman–Crippen LogP) is 1.79. The summed E-state index contributed by atoms with van der Waals surface area (Å²) in [6, 6.07) is 2.08. The Morgan fingerprint density at radius 3 is 2.26 bits per heavy atom. The second kappa shape index (κ2) is 5.09. The second-order valence-corrected chi connectivity index (χ2v) is 5.19. The molecule has 2 aromatic heterocycles. The number of hydrogen-bond acceptors (Lipinski definition) is 4. The Morgan fingerprint density at radius 1 is 1.16 bits per heavy atom. The highest BCUT2D eigenvalue weighted by Gasteiger charge is 2.15. The summed E-state index contributed by atoms with van der Waals surface area (Å²) < 4.78 is 1.81. The monoisotopic (exact) mass is 259 g/mol. The molecule has 2 heterocycles. The molecule has 5 nitrogen and oxygen atoms in total. The Balaban J connectivity index is 2.51. The maximum absolute atomic E-state index is 5.89. The van der Waals surface area contributed by atoms with Crippen LogP contribution in [0.2, 0.25) is 0 Å². The first-order chi connectivity index (χ1) is 8.88. The highest BCUT2D eigenvalue weighted by Crippen LogP contribution is 2.17. The molecule has 19 heavy (non-hydrogen) atoms. The number of aryl methyl sites for hydroxylation is 3. The van der Waals surface area contributed by atoms with Crippen molar-refractivity contribution in [3.8, 4) is 5.95 Å². The third-order valence-electron chi connectivity index (χ3n) is 3.13. The summed E-state index contributed by atoms with van der Waals surface area (Å²) in [6.45, 7) is 9.98. The van der Waals surface area contributed by atoms with Gasteiger partial charge >= 0.3 is 0 Å². The van der Waals surface area contributed by atoms with Gasteiger partial charge in [0.25, 0.3) is 5.95 Å². The fourth-order valence-electron chi connectivity index (χ4n) is 2.29. The minimum Gasteiger partial charge on any atom is -0.328 e. The molecule has 1 atom stereocenters. The second-order valence-electron chi connectivity index (χ2n) is 5.19. The number of nitrogens with zero attached hydrogens (tertiary/aromatic N) is 4. The summed E-state index contributed by atoms with van der Waals surface area (Å²) in [5, 5.41) is 4.55. The van der Waals surface area contributed by atoms with Gasteiger partial charge in [0.05, 0.1) is 5.69 Å².